The third-order valence-electron chi connectivity index (χ3n) is 5.31. The second-order valence-electron chi connectivity index (χ2n) is 7.58. The van der Waals surface area contributed by atoms with Crippen LogP contribution in [0.5, 0.6) is 5.75 Å². The summed E-state index contributed by atoms with van der Waals surface area (Å²) in [7, 11) is 1.31. The number of methoxy groups -OCH3 is 1. The molecule has 1 aromatic carbocycles. The van der Waals surface area contributed by atoms with Crippen molar-refractivity contribution >= 4 is 38.7 Å². The van der Waals surface area contributed by atoms with Crippen LogP contribution in [0, 0.1) is 5.92 Å². The van der Waals surface area contributed by atoms with E-state index < -0.39 is 12.5 Å². The zero-order valence-corrected chi connectivity index (χ0v) is 18.8. The number of fused-ring (bicyclic) bond motifs is 1. The van der Waals surface area contributed by atoms with Crippen molar-refractivity contribution in [2.75, 3.05) is 25.1 Å². The normalized spacial score (nSPS) is 14.8. The van der Waals surface area contributed by atoms with Crippen molar-refractivity contribution in [1.82, 2.24) is 19.9 Å². The molecular weight excluding hydrogens is 475 g/mol. The fourth-order valence-electron chi connectivity index (χ4n) is 3.70. The maximum Gasteiger partial charge on any atom is 0.573 e. The van der Waals surface area contributed by atoms with Crippen LogP contribution in [0.25, 0.3) is 10.2 Å². The van der Waals surface area contributed by atoms with E-state index in [2.05, 4.69) is 19.7 Å². The van der Waals surface area contributed by atoms with Gasteiger partial charge in [-0.2, -0.15) is 0 Å². The third kappa shape index (κ3) is 5.53. The standard InChI is InChI=1S/C21H20F3N5O4S/c1-32-20(31)28-6-4-14(5-7-28)18(30)29(11-13-9-25-12-26-10-13)19-27-16-3-2-15(8-17(16)34-19)33-21(22,23)24/h2-3,8-10,12,14H,4-7,11H2,1H3. The van der Waals surface area contributed by atoms with Crippen LogP contribution in [-0.2, 0) is 16.1 Å². The van der Waals surface area contributed by atoms with E-state index in [0.29, 0.717) is 46.8 Å². The van der Waals surface area contributed by atoms with Crippen molar-refractivity contribution in [3.8, 4) is 5.75 Å². The lowest BCUT2D eigenvalue weighted by molar-refractivity contribution is -0.274. The third-order valence-corrected chi connectivity index (χ3v) is 6.35. The molecule has 0 unspecified atom stereocenters. The fraction of sp³-hybridized carbons (Fsp3) is 0.381. The number of alkyl halides is 3. The molecule has 1 fully saturated rings. The highest BCUT2D eigenvalue weighted by Crippen LogP contribution is 2.35. The minimum atomic E-state index is -4.81. The van der Waals surface area contributed by atoms with Crippen LogP contribution in [0.4, 0.5) is 23.1 Å². The Kier molecular flexibility index (Phi) is 6.82. The summed E-state index contributed by atoms with van der Waals surface area (Å²) in [5.41, 5.74) is 1.11. The summed E-state index contributed by atoms with van der Waals surface area (Å²) in [5.74, 6) is -0.916. The Balaban J connectivity index is 1.60. The number of halogens is 3. The van der Waals surface area contributed by atoms with Gasteiger partial charge in [-0.3, -0.25) is 9.69 Å². The Morgan fingerprint density at radius 3 is 2.56 bits per heavy atom. The highest BCUT2D eigenvalue weighted by molar-refractivity contribution is 7.22. The van der Waals surface area contributed by atoms with Gasteiger partial charge in [0, 0.05) is 43.0 Å². The van der Waals surface area contributed by atoms with Crippen LogP contribution >= 0.6 is 11.3 Å². The molecule has 3 aromatic rings. The van der Waals surface area contributed by atoms with Crippen molar-refractivity contribution in [3.05, 3.63) is 42.5 Å². The molecule has 0 bridgehead atoms. The average Bonchev–Trinajstić information content (AvgIpc) is 3.24. The summed E-state index contributed by atoms with van der Waals surface area (Å²) < 4.78 is 47.0. The minimum absolute atomic E-state index is 0.141. The zero-order valence-electron chi connectivity index (χ0n) is 18.0. The maximum absolute atomic E-state index is 13.5. The number of hydrogen-bond acceptors (Lipinski definition) is 8. The van der Waals surface area contributed by atoms with Gasteiger partial charge in [0.2, 0.25) is 5.91 Å². The molecular formula is C21H20F3N5O4S. The monoisotopic (exact) mass is 495 g/mol. The van der Waals surface area contributed by atoms with Crippen molar-refractivity contribution in [1.29, 1.82) is 0 Å². The van der Waals surface area contributed by atoms with E-state index in [1.54, 1.807) is 17.3 Å². The topological polar surface area (TPSA) is 97.8 Å². The van der Waals surface area contributed by atoms with Gasteiger partial charge in [-0.05, 0) is 25.0 Å². The number of aromatic nitrogens is 3. The SMILES string of the molecule is COC(=O)N1CCC(C(=O)N(Cc2cncnc2)c2nc3ccc(OC(F)(F)F)cc3s2)CC1. The van der Waals surface area contributed by atoms with E-state index in [1.807, 2.05) is 0 Å². The van der Waals surface area contributed by atoms with Gasteiger partial charge in [0.1, 0.15) is 12.1 Å². The first-order chi connectivity index (χ1) is 16.2. The lowest BCUT2D eigenvalue weighted by Crippen LogP contribution is -2.44. The van der Waals surface area contributed by atoms with Gasteiger partial charge in [-0.1, -0.05) is 11.3 Å². The highest BCUT2D eigenvalue weighted by Gasteiger charge is 2.33. The van der Waals surface area contributed by atoms with E-state index in [4.69, 9.17) is 4.74 Å². The summed E-state index contributed by atoms with van der Waals surface area (Å²) in [6, 6.07) is 3.84. The first-order valence-corrected chi connectivity index (χ1v) is 11.1. The molecule has 0 radical (unpaired) electrons. The zero-order chi connectivity index (χ0) is 24.3. The van der Waals surface area contributed by atoms with Crippen molar-refractivity contribution in [3.63, 3.8) is 0 Å². The van der Waals surface area contributed by atoms with Gasteiger partial charge in [0.15, 0.2) is 5.13 Å². The molecule has 34 heavy (non-hydrogen) atoms. The summed E-state index contributed by atoms with van der Waals surface area (Å²) in [6.45, 7) is 0.898. The fourth-order valence-corrected chi connectivity index (χ4v) is 4.70. The van der Waals surface area contributed by atoms with Crippen LogP contribution in [0.15, 0.2) is 36.9 Å². The number of nitrogens with zero attached hydrogens (tertiary/aromatic N) is 5. The van der Waals surface area contributed by atoms with Crippen LogP contribution in [0.3, 0.4) is 0 Å². The molecule has 9 nitrogen and oxygen atoms in total. The number of hydrogen-bond donors (Lipinski definition) is 0. The average molecular weight is 495 g/mol. The molecule has 0 saturated carbocycles. The lowest BCUT2D eigenvalue weighted by atomic mass is 9.95. The molecule has 0 N–H and O–H groups in total. The van der Waals surface area contributed by atoms with Crippen molar-refractivity contribution in [2.45, 2.75) is 25.7 Å². The molecule has 0 atom stereocenters. The van der Waals surface area contributed by atoms with Gasteiger partial charge >= 0.3 is 12.5 Å². The summed E-state index contributed by atoms with van der Waals surface area (Å²) in [5, 5.41) is 0.336. The number of thiazole rings is 1. The molecule has 2 amide bonds. The molecule has 13 heteroatoms. The quantitative estimate of drug-likeness (QED) is 0.528. The molecule has 2 aromatic heterocycles. The number of amides is 2. The number of piperidine rings is 1. The Morgan fingerprint density at radius 2 is 1.91 bits per heavy atom. The Hall–Kier alpha value is -3.48. The first kappa shape index (κ1) is 23.7. The number of likely N-dealkylation sites (tertiary alicyclic amines) is 1. The predicted octanol–water partition coefficient (Wildman–Crippen LogP) is 4.00. The smallest absolute Gasteiger partial charge is 0.453 e. The predicted molar refractivity (Wildman–Crippen MR) is 116 cm³/mol. The van der Waals surface area contributed by atoms with Gasteiger partial charge in [-0.25, -0.2) is 19.7 Å². The van der Waals surface area contributed by atoms with E-state index >= 15 is 0 Å². The number of carbonyl (C=O) groups is 2. The summed E-state index contributed by atoms with van der Waals surface area (Å²) >= 11 is 1.09. The van der Waals surface area contributed by atoms with Crippen LogP contribution < -0.4 is 9.64 Å². The second kappa shape index (κ2) is 9.79. The second-order valence-corrected chi connectivity index (χ2v) is 8.59. The molecule has 3 heterocycles. The molecule has 1 aliphatic rings. The lowest BCUT2D eigenvalue weighted by Gasteiger charge is -2.32. The van der Waals surface area contributed by atoms with Gasteiger partial charge < -0.3 is 14.4 Å². The first-order valence-electron chi connectivity index (χ1n) is 10.3. The van der Waals surface area contributed by atoms with Crippen LogP contribution in [0.1, 0.15) is 18.4 Å². The Labute approximate surface area is 196 Å². The summed E-state index contributed by atoms with van der Waals surface area (Å²) in [6.07, 6.45) is 0.181. The molecule has 180 valence electrons. The van der Waals surface area contributed by atoms with Crippen molar-refractivity contribution < 1.29 is 32.2 Å². The number of rotatable bonds is 5. The summed E-state index contributed by atoms with van der Waals surface area (Å²) in [4.78, 5) is 40.8. The number of ether oxygens (including phenoxy) is 2. The van der Waals surface area contributed by atoms with E-state index in [0.717, 1.165) is 11.3 Å². The van der Waals surface area contributed by atoms with Crippen molar-refractivity contribution in [2.24, 2.45) is 5.92 Å². The van der Waals surface area contributed by atoms with Crippen LogP contribution in [0.2, 0.25) is 0 Å². The Bertz CT molecular complexity index is 1170. The van der Waals surface area contributed by atoms with E-state index in [-0.39, 0.29) is 24.1 Å². The van der Waals surface area contributed by atoms with Gasteiger partial charge in [0.25, 0.3) is 0 Å². The largest absolute Gasteiger partial charge is 0.573 e. The maximum atomic E-state index is 13.5. The number of anilines is 1. The van der Waals surface area contributed by atoms with Gasteiger partial charge in [0.05, 0.1) is 23.9 Å². The molecule has 0 aliphatic carbocycles. The number of benzene rings is 1. The van der Waals surface area contributed by atoms with E-state index in [9.17, 15) is 22.8 Å². The highest BCUT2D eigenvalue weighted by atomic mass is 32.1. The van der Waals surface area contributed by atoms with E-state index in [1.165, 1.54) is 36.5 Å². The molecule has 0 spiro atoms. The molecule has 1 saturated heterocycles. The molecule has 4 rings (SSSR count). The number of carbonyl (C=O) groups excluding carboxylic acids is 2. The van der Waals surface area contributed by atoms with Crippen LogP contribution in [-0.4, -0.2) is 58.4 Å². The molecule has 1 aliphatic heterocycles. The Morgan fingerprint density at radius 1 is 1.21 bits per heavy atom. The van der Waals surface area contributed by atoms with Gasteiger partial charge in [-0.15, -0.1) is 13.2 Å². The minimum Gasteiger partial charge on any atom is -0.453 e.